The van der Waals surface area contributed by atoms with E-state index in [0.29, 0.717) is 18.1 Å². The van der Waals surface area contributed by atoms with Crippen LogP contribution in [0.15, 0.2) is 24.3 Å². The number of likely N-dealkylation sites (tertiary alicyclic amines) is 1. The molecule has 104 valence electrons. The molecule has 0 saturated carbocycles. The second-order valence-electron chi connectivity index (χ2n) is 4.66. The summed E-state index contributed by atoms with van der Waals surface area (Å²) in [6.45, 7) is 0.775. The minimum absolute atomic E-state index is 0.0685. The topological polar surface area (TPSA) is 66.5 Å². The first-order valence-electron chi connectivity index (χ1n) is 5.83. The molecular formula is C12H15ClN2O3S. The molecule has 1 unspecified atom stereocenters. The first-order valence-corrected chi connectivity index (χ1v) is 8.10. The zero-order valence-electron chi connectivity index (χ0n) is 10.5. The third-order valence-electron chi connectivity index (χ3n) is 2.91. The molecule has 1 aliphatic rings. The van der Waals surface area contributed by atoms with Crippen LogP contribution in [0.5, 0.6) is 0 Å². The van der Waals surface area contributed by atoms with Crippen molar-refractivity contribution in [3.63, 3.8) is 0 Å². The number of rotatable bonds is 4. The van der Waals surface area contributed by atoms with Crippen LogP contribution >= 0.6 is 11.6 Å². The Morgan fingerprint density at radius 2 is 2.11 bits per heavy atom. The fourth-order valence-corrected chi connectivity index (χ4v) is 3.10. The van der Waals surface area contributed by atoms with Gasteiger partial charge in [0, 0.05) is 30.6 Å². The highest BCUT2D eigenvalue weighted by Crippen LogP contribution is 2.20. The fraction of sp³-hybridized carbons (Fsp3) is 0.417. The zero-order valence-corrected chi connectivity index (χ0v) is 12.0. The van der Waals surface area contributed by atoms with Gasteiger partial charge < -0.3 is 4.90 Å². The van der Waals surface area contributed by atoms with Crippen molar-refractivity contribution in [3.05, 3.63) is 34.9 Å². The van der Waals surface area contributed by atoms with Gasteiger partial charge in [-0.05, 0) is 11.6 Å². The lowest BCUT2D eigenvalue weighted by Crippen LogP contribution is -2.36. The predicted molar refractivity (Wildman–Crippen MR) is 73.3 cm³/mol. The lowest BCUT2D eigenvalue weighted by molar-refractivity contribution is -0.128. The molecular weight excluding hydrogens is 288 g/mol. The van der Waals surface area contributed by atoms with Crippen molar-refractivity contribution in [1.82, 2.24) is 9.62 Å². The first kappa shape index (κ1) is 14.3. The van der Waals surface area contributed by atoms with Gasteiger partial charge in [0.25, 0.3) is 0 Å². The van der Waals surface area contributed by atoms with Gasteiger partial charge in [-0.3, -0.25) is 4.79 Å². The molecule has 1 atom stereocenters. The number of benzene rings is 1. The number of hydrogen-bond donors (Lipinski definition) is 1. The van der Waals surface area contributed by atoms with Crippen LogP contribution in [0, 0.1) is 0 Å². The van der Waals surface area contributed by atoms with E-state index in [9.17, 15) is 13.2 Å². The Morgan fingerprint density at radius 3 is 2.74 bits per heavy atom. The highest BCUT2D eigenvalue weighted by molar-refractivity contribution is 7.88. The molecule has 0 radical (unpaired) electrons. The van der Waals surface area contributed by atoms with Crippen molar-refractivity contribution in [3.8, 4) is 0 Å². The second-order valence-corrected chi connectivity index (χ2v) is 6.84. The monoisotopic (exact) mass is 302 g/mol. The molecule has 0 bridgehead atoms. The molecule has 5 nitrogen and oxygen atoms in total. The smallest absolute Gasteiger partial charge is 0.224 e. The second kappa shape index (κ2) is 5.48. The van der Waals surface area contributed by atoms with E-state index in [1.165, 1.54) is 0 Å². The van der Waals surface area contributed by atoms with Crippen molar-refractivity contribution in [2.75, 3.05) is 12.8 Å². The van der Waals surface area contributed by atoms with Gasteiger partial charge >= 0.3 is 0 Å². The number of amides is 1. The van der Waals surface area contributed by atoms with Crippen LogP contribution in [-0.4, -0.2) is 38.1 Å². The van der Waals surface area contributed by atoms with Crippen LogP contribution in [-0.2, 0) is 21.4 Å². The van der Waals surface area contributed by atoms with E-state index in [4.69, 9.17) is 11.6 Å². The van der Waals surface area contributed by atoms with Crippen molar-refractivity contribution in [1.29, 1.82) is 0 Å². The molecule has 1 aromatic rings. The normalized spacial score (nSPS) is 20.0. The molecule has 1 heterocycles. The first-order chi connectivity index (χ1) is 8.85. The molecule has 1 saturated heterocycles. The van der Waals surface area contributed by atoms with Crippen LogP contribution in [0.1, 0.15) is 12.0 Å². The largest absolute Gasteiger partial charge is 0.337 e. The summed E-state index contributed by atoms with van der Waals surface area (Å²) in [5.74, 6) is -0.0685. The molecule has 1 amide bonds. The van der Waals surface area contributed by atoms with E-state index in [2.05, 4.69) is 4.72 Å². The maximum Gasteiger partial charge on any atom is 0.224 e. The molecule has 0 spiro atoms. The molecule has 1 aromatic carbocycles. The van der Waals surface area contributed by atoms with Gasteiger partial charge in [-0.25, -0.2) is 13.1 Å². The number of halogens is 1. The molecule has 2 rings (SSSR count). The van der Waals surface area contributed by atoms with Gasteiger partial charge in [0.1, 0.15) is 0 Å². The van der Waals surface area contributed by atoms with E-state index >= 15 is 0 Å². The fourth-order valence-electron chi connectivity index (χ4n) is 2.14. The van der Waals surface area contributed by atoms with Crippen molar-refractivity contribution < 1.29 is 13.2 Å². The molecule has 1 aliphatic heterocycles. The standard InChI is InChI=1S/C12H15ClN2O3S/c1-19(17,18)14-10-6-12(16)15(8-10)7-9-4-2-3-5-11(9)13/h2-5,10,14H,6-8H2,1H3. The van der Waals surface area contributed by atoms with Gasteiger partial charge in [0.2, 0.25) is 15.9 Å². The Kier molecular flexibility index (Phi) is 4.13. The van der Waals surface area contributed by atoms with E-state index in [-0.39, 0.29) is 18.4 Å². The summed E-state index contributed by atoms with van der Waals surface area (Å²) in [5.41, 5.74) is 0.859. The summed E-state index contributed by atoms with van der Waals surface area (Å²) in [7, 11) is -3.29. The summed E-state index contributed by atoms with van der Waals surface area (Å²) in [4.78, 5) is 13.4. The predicted octanol–water partition coefficient (Wildman–Crippen LogP) is 0.990. The summed E-state index contributed by atoms with van der Waals surface area (Å²) >= 11 is 6.04. The number of nitrogens with zero attached hydrogens (tertiary/aromatic N) is 1. The van der Waals surface area contributed by atoms with Crippen LogP contribution in [0.3, 0.4) is 0 Å². The van der Waals surface area contributed by atoms with Gasteiger partial charge in [-0.15, -0.1) is 0 Å². The Morgan fingerprint density at radius 1 is 1.42 bits per heavy atom. The SMILES string of the molecule is CS(=O)(=O)NC1CC(=O)N(Cc2ccccc2Cl)C1. The van der Waals surface area contributed by atoms with Gasteiger partial charge in [-0.1, -0.05) is 29.8 Å². The number of carbonyl (C=O) groups excluding carboxylic acids is 1. The van der Waals surface area contributed by atoms with Gasteiger partial charge in [0.15, 0.2) is 0 Å². The summed E-state index contributed by atoms with van der Waals surface area (Å²) in [6.07, 6.45) is 1.28. The maximum atomic E-state index is 11.8. The molecule has 7 heteroatoms. The summed E-state index contributed by atoms with van der Waals surface area (Å²) in [6, 6.07) is 6.95. The highest BCUT2D eigenvalue weighted by atomic mass is 35.5. The lowest BCUT2D eigenvalue weighted by Gasteiger charge is -2.17. The third-order valence-corrected chi connectivity index (χ3v) is 4.04. The van der Waals surface area contributed by atoms with Crippen molar-refractivity contribution in [2.24, 2.45) is 0 Å². The number of sulfonamides is 1. The number of nitrogens with one attached hydrogen (secondary N) is 1. The quantitative estimate of drug-likeness (QED) is 0.902. The Hall–Kier alpha value is -1.11. The molecule has 1 fully saturated rings. The van der Waals surface area contributed by atoms with Crippen LogP contribution in [0.2, 0.25) is 5.02 Å². The molecule has 0 aromatic heterocycles. The maximum absolute atomic E-state index is 11.8. The van der Waals surface area contributed by atoms with Crippen LogP contribution in [0.25, 0.3) is 0 Å². The Bertz CT molecular complexity index is 588. The molecule has 19 heavy (non-hydrogen) atoms. The highest BCUT2D eigenvalue weighted by Gasteiger charge is 2.31. The van der Waals surface area contributed by atoms with Crippen LogP contribution < -0.4 is 4.72 Å². The number of hydrogen-bond acceptors (Lipinski definition) is 3. The minimum atomic E-state index is -3.29. The van der Waals surface area contributed by atoms with E-state index in [1.807, 2.05) is 18.2 Å². The van der Waals surface area contributed by atoms with Crippen LogP contribution in [0.4, 0.5) is 0 Å². The summed E-state index contributed by atoms with van der Waals surface area (Å²) in [5, 5.41) is 0.606. The molecule has 1 N–H and O–H groups in total. The van der Waals surface area contributed by atoms with E-state index in [0.717, 1.165) is 11.8 Å². The lowest BCUT2D eigenvalue weighted by atomic mass is 10.2. The molecule has 0 aliphatic carbocycles. The Balaban J connectivity index is 2.03. The summed E-state index contributed by atoms with van der Waals surface area (Å²) < 4.78 is 24.8. The van der Waals surface area contributed by atoms with E-state index < -0.39 is 10.0 Å². The third kappa shape index (κ3) is 3.92. The number of carbonyl (C=O) groups is 1. The van der Waals surface area contributed by atoms with Crippen molar-refractivity contribution >= 4 is 27.5 Å². The van der Waals surface area contributed by atoms with Gasteiger partial charge in [0.05, 0.1) is 6.26 Å². The van der Waals surface area contributed by atoms with E-state index in [1.54, 1.807) is 11.0 Å². The average Bonchev–Trinajstić information content (AvgIpc) is 2.60. The zero-order chi connectivity index (χ0) is 14.0. The Labute approximate surface area is 117 Å². The minimum Gasteiger partial charge on any atom is -0.337 e. The van der Waals surface area contributed by atoms with Crippen molar-refractivity contribution in [2.45, 2.75) is 19.0 Å². The average molecular weight is 303 g/mol. The van der Waals surface area contributed by atoms with Gasteiger partial charge in [-0.2, -0.15) is 0 Å².